The van der Waals surface area contributed by atoms with Crippen LogP contribution >= 0.6 is 0 Å². The average Bonchev–Trinajstić information content (AvgIpc) is 2.75. The zero-order valence-corrected chi connectivity index (χ0v) is 13.8. The molecule has 1 aliphatic carbocycles. The molecule has 23 heavy (non-hydrogen) atoms. The maximum atomic E-state index is 12.3. The molecule has 0 aromatic carbocycles. The number of amides is 4. The number of rotatable bonds is 6. The Labute approximate surface area is 136 Å². The Morgan fingerprint density at radius 3 is 2.17 bits per heavy atom. The summed E-state index contributed by atoms with van der Waals surface area (Å²) in [4.78, 5) is 49.0. The highest BCUT2D eigenvalue weighted by Crippen LogP contribution is 2.37. The molecular weight excluding hydrogens is 298 g/mol. The number of hydrogen-bond donors (Lipinski definition) is 2. The van der Waals surface area contributed by atoms with E-state index in [1.54, 1.807) is 0 Å². The van der Waals surface area contributed by atoms with E-state index < -0.39 is 0 Å². The molecule has 0 spiro atoms. The Morgan fingerprint density at radius 2 is 1.65 bits per heavy atom. The number of fused-ring (bicyclic) bond motifs is 1. The van der Waals surface area contributed by atoms with E-state index in [2.05, 4.69) is 10.6 Å². The number of hydrogen-bond acceptors (Lipinski definition) is 4. The molecule has 1 saturated heterocycles. The SMILES string of the molecule is CC(C)NC(=O)CNC(=O)CCN1C(=O)[C@@H]2CCCC[C@H]2C1=O. The van der Waals surface area contributed by atoms with Crippen LogP contribution in [-0.2, 0) is 19.2 Å². The fourth-order valence-electron chi connectivity index (χ4n) is 3.30. The van der Waals surface area contributed by atoms with Crippen LogP contribution in [0.4, 0.5) is 0 Å². The fraction of sp³-hybridized carbons (Fsp3) is 0.750. The molecule has 0 aromatic heterocycles. The van der Waals surface area contributed by atoms with Gasteiger partial charge < -0.3 is 10.6 Å². The molecule has 1 aliphatic heterocycles. The molecule has 7 nitrogen and oxygen atoms in total. The summed E-state index contributed by atoms with van der Waals surface area (Å²) < 4.78 is 0. The molecule has 2 aliphatic rings. The topological polar surface area (TPSA) is 95.6 Å². The van der Waals surface area contributed by atoms with Crippen molar-refractivity contribution in [3.05, 3.63) is 0 Å². The minimum absolute atomic E-state index is 0.0163. The van der Waals surface area contributed by atoms with Gasteiger partial charge in [-0.2, -0.15) is 0 Å². The second kappa shape index (κ2) is 7.57. The summed E-state index contributed by atoms with van der Waals surface area (Å²) in [6, 6.07) is 0.0163. The van der Waals surface area contributed by atoms with Crippen molar-refractivity contribution >= 4 is 23.6 Å². The predicted octanol–water partition coefficient (Wildman–Crippen LogP) is 0.192. The lowest BCUT2D eigenvalue weighted by Gasteiger charge is -2.19. The molecule has 0 radical (unpaired) electrons. The van der Waals surface area contributed by atoms with Crippen molar-refractivity contribution in [3.63, 3.8) is 0 Å². The largest absolute Gasteiger partial charge is 0.352 e. The Bertz CT molecular complexity index is 480. The molecule has 0 aromatic rings. The van der Waals surface area contributed by atoms with Gasteiger partial charge in [-0.05, 0) is 26.7 Å². The summed E-state index contributed by atoms with van der Waals surface area (Å²) in [6.45, 7) is 3.68. The van der Waals surface area contributed by atoms with Gasteiger partial charge in [0.15, 0.2) is 0 Å². The Balaban J connectivity index is 1.77. The van der Waals surface area contributed by atoms with Crippen LogP contribution in [0.25, 0.3) is 0 Å². The first-order valence-corrected chi connectivity index (χ1v) is 8.31. The molecule has 2 atom stereocenters. The number of carbonyl (C=O) groups is 4. The van der Waals surface area contributed by atoms with Crippen LogP contribution in [0.1, 0.15) is 46.0 Å². The van der Waals surface area contributed by atoms with Crippen LogP contribution in [0.2, 0.25) is 0 Å². The molecule has 2 rings (SSSR count). The molecule has 2 fully saturated rings. The first kappa shape index (κ1) is 17.4. The fourth-order valence-corrected chi connectivity index (χ4v) is 3.30. The highest BCUT2D eigenvalue weighted by Gasteiger charge is 2.47. The molecule has 128 valence electrons. The first-order chi connectivity index (χ1) is 10.9. The van der Waals surface area contributed by atoms with Gasteiger partial charge in [0, 0.05) is 19.0 Å². The molecule has 7 heteroatoms. The second-order valence-electron chi connectivity index (χ2n) is 6.57. The summed E-state index contributed by atoms with van der Waals surface area (Å²) >= 11 is 0. The summed E-state index contributed by atoms with van der Waals surface area (Å²) in [5, 5.41) is 5.17. The Hall–Kier alpha value is -1.92. The van der Waals surface area contributed by atoms with Crippen molar-refractivity contribution < 1.29 is 19.2 Å². The molecule has 1 heterocycles. The van der Waals surface area contributed by atoms with Gasteiger partial charge in [-0.3, -0.25) is 24.1 Å². The van der Waals surface area contributed by atoms with Gasteiger partial charge >= 0.3 is 0 Å². The summed E-state index contributed by atoms with van der Waals surface area (Å²) in [5.74, 6) is -1.23. The van der Waals surface area contributed by atoms with Crippen LogP contribution in [0.15, 0.2) is 0 Å². The molecule has 0 bridgehead atoms. The molecule has 1 saturated carbocycles. The predicted molar refractivity (Wildman–Crippen MR) is 83.1 cm³/mol. The Morgan fingerprint density at radius 1 is 1.09 bits per heavy atom. The molecular formula is C16H25N3O4. The lowest BCUT2D eigenvalue weighted by atomic mass is 9.81. The lowest BCUT2D eigenvalue weighted by molar-refractivity contribution is -0.140. The third-order valence-electron chi connectivity index (χ3n) is 4.39. The Kier molecular flexibility index (Phi) is 5.74. The monoisotopic (exact) mass is 323 g/mol. The maximum absolute atomic E-state index is 12.3. The summed E-state index contributed by atoms with van der Waals surface area (Å²) in [6.07, 6.45) is 3.55. The normalized spacial score (nSPS) is 23.9. The van der Waals surface area contributed by atoms with Crippen LogP contribution in [-0.4, -0.2) is 47.7 Å². The van der Waals surface area contributed by atoms with Crippen LogP contribution < -0.4 is 10.6 Å². The maximum Gasteiger partial charge on any atom is 0.239 e. The third-order valence-corrected chi connectivity index (χ3v) is 4.39. The van der Waals surface area contributed by atoms with Gasteiger partial charge in [0.25, 0.3) is 0 Å². The van der Waals surface area contributed by atoms with E-state index in [-0.39, 0.29) is 61.0 Å². The van der Waals surface area contributed by atoms with Gasteiger partial charge in [0.2, 0.25) is 23.6 Å². The van der Waals surface area contributed by atoms with E-state index in [0.717, 1.165) is 25.7 Å². The summed E-state index contributed by atoms with van der Waals surface area (Å²) in [7, 11) is 0. The van der Waals surface area contributed by atoms with Crippen LogP contribution in [0.3, 0.4) is 0 Å². The van der Waals surface area contributed by atoms with E-state index in [9.17, 15) is 19.2 Å². The third kappa shape index (κ3) is 4.30. The van der Waals surface area contributed by atoms with E-state index in [0.29, 0.717) is 0 Å². The van der Waals surface area contributed by atoms with E-state index in [1.807, 2.05) is 13.8 Å². The average molecular weight is 323 g/mol. The summed E-state index contributed by atoms with van der Waals surface area (Å²) in [5.41, 5.74) is 0. The highest BCUT2D eigenvalue weighted by molar-refractivity contribution is 6.05. The standard InChI is InChI=1S/C16H25N3O4/c1-10(2)18-14(21)9-17-13(20)7-8-19-15(22)11-5-3-4-6-12(11)16(19)23/h10-12H,3-9H2,1-2H3,(H,17,20)(H,18,21)/t11-,12-/m1/s1. The smallest absolute Gasteiger partial charge is 0.239 e. The van der Waals surface area contributed by atoms with Crippen molar-refractivity contribution in [2.24, 2.45) is 11.8 Å². The number of imide groups is 1. The van der Waals surface area contributed by atoms with E-state index in [1.165, 1.54) is 4.90 Å². The zero-order valence-electron chi connectivity index (χ0n) is 13.8. The van der Waals surface area contributed by atoms with Gasteiger partial charge in [0.1, 0.15) is 0 Å². The number of nitrogens with one attached hydrogen (secondary N) is 2. The van der Waals surface area contributed by atoms with Gasteiger partial charge in [0.05, 0.1) is 18.4 Å². The van der Waals surface area contributed by atoms with Crippen molar-refractivity contribution in [1.29, 1.82) is 0 Å². The van der Waals surface area contributed by atoms with Crippen molar-refractivity contribution in [2.75, 3.05) is 13.1 Å². The van der Waals surface area contributed by atoms with Crippen LogP contribution in [0.5, 0.6) is 0 Å². The minimum Gasteiger partial charge on any atom is -0.352 e. The minimum atomic E-state index is -0.334. The van der Waals surface area contributed by atoms with Gasteiger partial charge in [-0.1, -0.05) is 12.8 Å². The number of likely N-dealkylation sites (tertiary alicyclic amines) is 1. The molecule has 4 amide bonds. The van der Waals surface area contributed by atoms with Crippen molar-refractivity contribution in [3.8, 4) is 0 Å². The quantitative estimate of drug-likeness (QED) is 0.682. The molecule has 2 N–H and O–H groups in total. The van der Waals surface area contributed by atoms with Crippen LogP contribution in [0, 0.1) is 11.8 Å². The number of nitrogens with zero attached hydrogens (tertiary/aromatic N) is 1. The van der Waals surface area contributed by atoms with E-state index in [4.69, 9.17) is 0 Å². The van der Waals surface area contributed by atoms with Crippen molar-refractivity contribution in [1.82, 2.24) is 15.5 Å². The van der Waals surface area contributed by atoms with Gasteiger partial charge in [-0.25, -0.2) is 0 Å². The van der Waals surface area contributed by atoms with Gasteiger partial charge in [-0.15, -0.1) is 0 Å². The molecule has 0 unspecified atom stereocenters. The second-order valence-corrected chi connectivity index (χ2v) is 6.57. The van der Waals surface area contributed by atoms with E-state index >= 15 is 0 Å². The lowest BCUT2D eigenvalue weighted by Crippen LogP contribution is -2.41. The van der Waals surface area contributed by atoms with Crippen molar-refractivity contribution in [2.45, 2.75) is 52.0 Å². The zero-order chi connectivity index (χ0) is 17.0. The number of carbonyl (C=O) groups excluding carboxylic acids is 4. The first-order valence-electron chi connectivity index (χ1n) is 8.31. The highest BCUT2D eigenvalue weighted by atomic mass is 16.2.